The summed E-state index contributed by atoms with van der Waals surface area (Å²) in [5.41, 5.74) is 0.680. The zero-order chi connectivity index (χ0) is 21.8. The Kier molecular flexibility index (Phi) is 9.47. The molecule has 0 aliphatic carbocycles. The fourth-order valence-electron chi connectivity index (χ4n) is 2.70. The molecule has 0 amide bonds. The minimum atomic E-state index is -3.77. The van der Waals surface area contributed by atoms with Gasteiger partial charge in [-0.05, 0) is 61.4 Å². The van der Waals surface area contributed by atoms with Crippen molar-refractivity contribution in [2.75, 3.05) is 20.3 Å². The maximum atomic E-state index is 12.4. The molecule has 0 heterocycles. The second kappa shape index (κ2) is 12.1. The van der Waals surface area contributed by atoms with E-state index in [0.29, 0.717) is 36.0 Å². The molecule has 0 saturated heterocycles. The van der Waals surface area contributed by atoms with Gasteiger partial charge in [0.25, 0.3) is 10.0 Å². The van der Waals surface area contributed by atoms with E-state index in [1.165, 1.54) is 31.2 Å². The number of hydrogen-bond donors (Lipinski definition) is 1. The van der Waals surface area contributed by atoms with E-state index < -0.39 is 10.0 Å². The highest BCUT2D eigenvalue weighted by Gasteiger charge is 2.12. The van der Waals surface area contributed by atoms with Crippen LogP contribution in [0.15, 0.2) is 52.5 Å². The smallest absolute Gasteiger partial charge is 0.276 e. The fraction of sp³-hybridized carbons (Fsp3) is 0.409. The lowest BCUT2D eigenvalue weighted by molar-refractivity contribution is 0.285. The van der Waals surface area contributed by atoms with Gasteiger partial charge < -0.3 is 14.2 Å². The number of hydrogen-bond acceptors (Lipinski definition) is 6. The predicted octanol–water partition coefficient (Wildman–Crippen LogP) is 4.37. The van der Waals surface area contributed by atoms with Crippen LogP contribution < -0.4 is 19.0 Å². The van der Waals surface area contributed by atoms with Gasteiger partial charge >= 0.3 is 0 Å². The second-order valence-corrected chi connectivity index (χ2v) is 8.24. The van der Waals surface area contributed by atoms with Crippen molar-refractivity contribution in [1.29, 1.82) is 0 Å². The number of ether oxygens (including phenoxy) is 3. The van der Waals surface area contributed by atoms with Crippen LogP contribution in [0.5, 0.6) is 17.2 Å². The third-order valence-corrected chi connectivity index (χ3v) is 5.51. The van der Waals surface area contributed by atoms with Crippen LogP contribution in [0.3, 0.4) is 0 Å². The third kappa shape index (κ3) is 7.26. The Hall–Kier alpha value is -2.74. The maximum Gasteiger partial charge on any atom is 0.276 e. The number of rotatable bonds is 13. The molecule has 0 atom stereocenters. The molecule has 0 radical (unpaired) electrons. The molecule has 2 rings (SSSR count). The van der Waals surface area contributed by atoms with Gasteiger partial charge in [0.2, 0.25) is 0 Å². The summed E-state index contributed by atoms with van der Waals surface area (Å²) in [6.45, 7) is 5.18. The van der Waals surface area contributed by atoms with Crippen molar-refractivity contribution in [1.82, 2.24) is 4.83 Å². The standard InChI is InChI=1S/C22H30N2O5S/c1-4-6-7-8-15-29-21-14-9-18(16-22(21)27-3)17-23-24-30(25,26)20-12-10-19(11-13-20)28-5-2/h9-14,16-17,24H,4-8,15H2,1-3H3/b23-17+. The summed E-state index contributed by atoms with van der Waals surface area (Å²) in [4.78, 5) is 2.31. The molecule has 164 valence electrons. The summed E-state index contributed by atoms with van der Waals surface area (Å²) in [6, 6.07) is 11.5. The van der Waals surface area contributed by atoms with Crippen LogP contribution in [0.25, 0.3) is 0 Å². The summed E-state index contributed by atoms with van der Waals surface area (Å²) < 4.78 is 41.2. The number of sulfonamides is 1. The molecule has 8 heteroatoms. The summed E-state index contributed by atoms with van der Waals surface area (Å²) in [6.07, 6.45) is 5.92. The lowest BCUT2D eigenvalue weighted by atomic mass is 10.2. The van der Waals surface area contributed by atoms with E-state index in [-0.39, 0.29) is 4.90 Å². The normalized spacial score (nSPS) is 11.4. The van der Waals surface area contributed by atoms with Gasteiger partial charge in [-0.1, -0.05) is 26.2 Å². The first-order valence-electron chi connectivity index (χ1n) is 10.1. The van der Waals surface area contributed by atoms with Crippen LogP contribution in [-0.4, -0.2) is 35.0 Å². The molecule has 0 unspecified atom stereocenters. The molecule has 1 N–H and O–H groups in total. The van der Waals surface area contributed by atoms with Crippen molar-refractivity contribution in [2.45, 2.75) is 44.4 Å². The number of unbranched alkanes of at least 4 members (excludes halogenated alkanes) is 3. The molecule has 30 heavy (non-hydrogen) atoms. The van der Waals surface area contributed by atoms with Crippen LogP contribution >= 0.6 is 0 Å². The Morgan fingerprint density at radius 2 is 1.73 bits per heavy atom. The monoisotopic (exact) mass is 434 g/mol. The Labute approximate surface area is 179 Å². The van der Waals surface area contributed by atoms with Gasteiger partial charge in [0.15, 0.2) is 11.5 Å². The number of nitrogens with zero attached hydrogens (tertiary/aromatic N) is 1. The topological polar surface area (TPSA) is 86.2 Å². The maximum absolute atomic E-state index is 12.4. The number of benzene rings is 2. The molecule has 0 aliphatic heterocycles. The highest BCUT2D eigenvalue weighted by molar-refractivity contribution is 7.89. The zero-order valence-electron chi connectivity index (χ0n) is 17.8. The van der Waals surface area contributed by atoms with E-state index in [1.54, 1.807) is 37.4 Å². The highest BCUT2D eigenvalue weighted by Crippen LogP contribution is 2.27. The Morgan fingerprint density at radius 1 is 0.967 bits per heavy atom. The molecular weight excluding hydrogens is 404 g/mol. The van der Waals surface area contributed by atoms with Crippen LogP contribution in [0.2, 0.25) is 0 Å². The van der Waals surface area contributed by atoms with Crippen molar-refractivity contribution in [3.8, 4) is 17.2 Å². The van der Waals surface area contributed by atoms with E-state index in [9.17, 15) is 8.42 Å². The average molecular weight is 435 g/mol. The summed E-state index contributed by atoms with van der Waals surface area (Å²) in [5.74, 6) is 1.84. The summed E-state index contributed by atoms with van der Waals surface area (Å²) in [7, 11) is -2.20. The number of methoxy groups -OCH3 is 1. The van der Waals surface area contributed by atoms with Crippen molar-refractivity contribution >= 4 is 16.2 Å². The third-order valence-electron chi connectivity index (χ3n) is 4.27. The summed E-state index contributed by atoms with van der Waals surface area (Å²) in [5, 5.41) is 3.86. The molecule has 0 aromatic heterocycles. The largest absolute Gasteiger partial charge is 0.494 e. The highest BCUT2D eigenvalue weighted by atomic mass is 32.2. The molecule has 2 aromatic carbocycles. The van der Waals surface area contributed by atoms with Crippen LogP contribution in [0, 0.1) is 0 Å². The Morgan fingerprint density at radius 3 is 2.40 bits per heavy atom. The molecule has 0 saturated carbocycles. The molecule has 0 spiro atoms. The average Bonchev–Trinajstić information content (AvgIpc) is 2.74. The quantitative estimate of drug-likeness (QED) is 0.287. The Balaban J connectivity index is 1.97. The molecule has 7 nitrogen and oxygen atoms in total. The number of hydrazone groups is 1. The van der Waals surface area contributed by atoms with E-state index in [1.807, 2.05) is 6.92 Å². The van der Waals surface area contributed by atoms with Crippen molar-refractivity contribution in [3.63, 3.8) is 0 Å². The van der Waals surface area contributed by atoms with Gasteiger partial charge in [-0.15, -0.1) is 0 Å². The van der Waals surface area contributed by atoms with Gasteiger partial charge in [-0.25, -0.2) is 4.83 Å². The SMILES string of the molecule is CCCCCCOc1ccc(/C=N/NS(=O)(=O)c2ccc(OCC)cc2)cc1OC. The van der Waals surface area contributed by atoms with Crippen molar-refractivity contribution < 1.29 is 22.6 Å². The van der Waals surface area contributed by atoms with Crippen LogP contribution in [0.4, 0.5) is 0 Å². The van der Waals surface area contributed by atoms with Crippen LogP contribution in [0.1, 0.15) is 45.1 Å². The van der Waals surface area contributed by atoms with Gasteiger partial charge in [0.05, 0.1) is 31.4 Å². The second-order valence-electron chi connectivity index (χ2n) is 6.58. The molecule has 0 aliphatic rings. The first kappa shape index (κ1) is 23.5. The molecule has 0 fully saturated rings. The lowest BCUT2D eigenvalue weighted by Gasteiger charge is -2.11. The fourth-order valence-corrected chi connectivity index (χ4v) is 3.49. The molecule has 2 aromatic rings. The number of nitrogens with one attached hydrogen (secondary N) is 1. The molecular formula is C22H30N2O5S. The van der Waals surface area contributed by atoms with E-state index in [2.05, 4.69) is 16.9 Å². The van der Waals surface area contributed by atoms with Gasteiger partial charge in [-0.3, -0.25) is 0 Å². The zero-order valence-corrected chi connectivity index (χ0v) is 18.6. The van der Waals surface area contributed by atoms with Crippen molar-refractivity contribution in [3.05, 3.63) is 48.0 Å². The first-order chi connectivity index (χ1) is 14.5. The van der Waals surface area contributed by atoms with E-state index in [0.717, 1.165) is 12.8 Å². The van der Waals surface area contributed by atoms with Crippen molar-refractivity contribution in [2.24, 2.45) is 5.10 Å². The van der Waals surface area contributed by atoms with E-state index in [4.69, 9.17) is 14.2 Å². The first-order valence-corrected chi connectivity index (χ1v) is 11.6. The van der Waals surface area contributed by atoms with Crippen LogP contribution in [-0.2, 0) is 10.0 Å². The van der Waals surface area contributed by atoms with E-state index >= 15 is 0 Å². The van der Waals surface area contributed by atoms with Gasteiger partial charge in [-0.2, -0.15) is 13.5 Å². The lowest BCUT2D eigenvalue weighted by Crippen LogP contribution is -2.18. The summed E-state index contributed by atoms with van der Waals surface area (Å²) >= 11 is 0. The Bertz CT molecular complexity index is 912. The predicted molar refractivity (Wildman–Crippen MR) is 118 cm³/mol. The van der Waals surface area contributed by atoms with Gasteiger partial charge in [0.1, 0.15) is 5.75 Å². The van der Waals surface area contributed by atoms with Gasteiger partial charge in [0, 0.05) is 0 Å². The minimum absolute atomic E-state index is 0.104. The molecule has 0 bridgehead atoms. The minimum Gasteiger partial charge on any atom is -0.494 e.